The summed E-state index contributed by atoms with van der Waals surface area (Å²) < 4.78 is 0. The Hall–Kier alpha value is -1.88. The molecule has 126 valence electrons. The average Bonchev–Trinajstić information content (AvgIpc) is 2.52. The monoisotopic (exact) mass is 317 g/mol. The lowest BCUT2D eigenvalue weighted by atomic mass is 9.87. The summed E-state index contributed by atoms with van der Waals surface area (Å²) in [7, 11) is 0. The Morgan fingerprint density at radius 2 is 1.91 bits per heavy atom. The molecule has 0 spiro atoms. The Kier molecular flexibility index (Phi) is 5.42. The molecule has 5 heteroatoms. The van der Waals surface area contributed by atoms with Gasteiger partial charge in [-0.2, -0.15) is 0 Å². The molecule has 1 aromatic rings. The van der Waals surface area contributed by atoms with Crippen LogP contribution in [-0.2, 0) is 21.5 Å². The second-order valence-electron chi connectivity index (χ2n) is 7.14. The summed E-state index contributed by atoms with van der Waals surface area (Å²) in [4.78, 5) is 25.4. The number of nitrogens with one attached hydrogen (secondary N) is 2. The van der Waals surface area contributed by atoms with E-state index in [1.165, 1.54) is 12.5 Å². The van der Waals surface area contributed by atoms with Crippen molar-refractivity contribution in [3.8, 4) is 0 Å². The molecule has 1 fully saturated rings. The molecule has 23 heavy (non-hydrogen) atoms. The zero-order valence-corrected chi connectivity index (χ0v) is 14.5. The van der Waals surface area contributed by atoms with Crippen LogP contribution in [0.25, 0.3) is 0 Å². The normalized spacial score (nSPS) is 18.6. The molecule has 1 saturated heterocycles. The van der Waals surface area contributed by atoms with Crippen LogP contribution >= 0.6 is 0 Å². The third-order valence-corrected chi connectivity index (χ3v) is 4.22. The first-order valence-electron chi connectivity index (χ1n) is 8.13. The number of nitrogens with zero attached hydrogens (tertiary/aromatic N) is 1. The van der Waals surface area contributed by atoms with E-state index in [1.54, 1.807) is 4.90 Å². The molecule has 0 unspecified atom stereocenters. The fraction of sp³-hybridized carbons (Fsp3) is 0.556. The van der Waals surface area contributed by atoms with E-state index in [4.69, 9.17) is 0 Å². The van der Waals surface area contributed by atoms with Crippen molar-refractivity contribution >= 4 is 11.8 Å². The second-order valence-corrected chi connectivity index (χ2v) is 7.14. The maximum Gasteiger partial charge on any atom is 0.239 e. The van der Waals surface area contributed by atoms with Gasteiger partial charge in [-0.3, -0.25) is 9.59 Å². The van der Waals surface area contributed by atoms with Gasteiger partial charge in [-0.15, -0.1) is 0 Å². The van der Waals surface area contributed by atoms with Crippen LogP contribution in [-0.4, -0.2) is 42.4 Å². The van der Waals surface area contributed by atoms with Crippen LogP contribution in [0, 0.1) is 0 Å². The van der Waals surface area contributed by atoms with E-state index in [0.29, 0.717) is 26.2 Å². The minimum Gasteiger partial charge on any atom is -0.351 e. The number of carbonyl (C=O) groups excluding carboxylic acids is 2. The second kappa shape index (κ2) is 7.13. The van der Waals surface area contributed by atoms with Gasteiger partial charge in [-0.05, 0) is 16.5 Å². The fourth-order valence-electron chi connectivity index (χ4n) is 2.65. The summed E-state index contributed by atoms with van der Waals surface area (Å²) in [6.07, 6.45) is 0. The Labute approximate surface area is 138 Å². The van der Waals surface area contributed by atoms with Gasteiger partial charge < -0.3 is 15.5 Å². The lowest BCUT2D eigenvalue weighted by Gasteiger charge is -2.32. The van der Waals surface area contributed by atoms with Crippen LogP contribution < -0.4 is 10.6 Å². The average molecular weight is 317 g/mol. The van der Waals surface area contributed by atoms with E-state index < -0.39 is 0 Å². The van der Waals surface area contributed by atoms with Crippen LogP contribution in [0.1, 0.15) is 38.8 Å². The van der Waals surface area contributed by atoms with E-state index in [1.807, 2.05) is 0 Å². The summed E-state index contributed by atoms with van der Waals surface area (Å²) in [6.45, 7) is 10.3. The van der Waals surface area contributed by atoms with Crippen molar-refractivity contribution in [1.82, 2.24) is 15.5 Å². The third-order valence-electron chi connectivity index (χ3n) is 4.22. The van der Waals surface area contributed by atoms with Gasteiger partial charge in [-0.1, -0.05) is 45.0 Å². The summed E-state index contributed by atoms with van der Waals surface area (Å²) in [5, 5.41) is 6.11. The van der Waals surface area contributed by atoms with Crippen molar-refractivity contribution in [2.75, 3.05) is 19.6 Å². The maximum absolute atomic E-state index is 12.3. The van der Waals surface area contributed by atoms with Crippen LogP contribution in [0.2, 0.25) is 0 Å². The van der Waals surface area contributed by atoms with Gasteiger partial charge >= 0.3 is 0 Å². The first-order valence-corrected chi connectivity index (χ1v) is 8.13. The number of carbonyl (C=O) groups is 2. The van der Waals surface area contributed by atoms with E-state index in [0.717, 1.165) is 5.56 Å². The predicted octanol–water partition coefficient (Wildman–Crippen LogP) is 1.42. The molecular formula is C18H27N3O2. The SMILES string of the molecule is CC(=O)N1CCN[C@@H](C(=O)NCc2ccc(C(C)(C)C)cc2)C1. The number of hydrogen-bond acceptors (Lipinski definition) is 3. The van der Waals surface area contributed by atoms with Crippen molar-refractivity contribution in [2.24, 2.45) is 0 Å². The highest BCUT2D eigenvalue weighted by molar-refractivity contribution is 5.83. The first-order chi connectivity index (χ1) is 10.8. The molecule has 2 N–H and O–H groups in total. The highest BCUT2D eigenvalue weighted by Gasteiger charge is 2.26. The van der Waals surface area contributed by atoms with Gasteiger partial charge in [0.1, 0.15) is 6.04 Å². The van der Waals surface area contributed by atoms with Gasteiger partial charge in [0.25, 0.3) is 0 Å². The van der Waals surface area contributed by atoms with Crippen LogP contribution in [0.3, 0.4) is 0 Å². The van der Waals surface area contributed by atoms with Crippen molar-refractivity contribution in [3.05, 3.63) is 35.4 Å². The molecule has 1 atom stereocenters. The van der Waals surface area contributed by atoms with Gasteiger partial charge in [0.15, 0.2) is 0 Å². The van der Waals surface area contributed by atoms with Gasteiger partial charge in [-0.25, -0.2) is 0 Å². The summed E-state index contributed by atoms with van der Waals surface area (Å²) in [5.41, 5.74) is 2.48. The molecule has 0 aromatic heterocycles. The van der Waals surface area contributed by atoms with Gasteiger partial charge in [0, 0.05) is 33.1 Å². The molecule has 0 bridgehead atoms. The molecule has 0 radical (unpaired) electrons. The number of piperazine rings is 1. The molecular weight excluding hydrogens is 290 g/mol. The quantitative estimate of drug-likeness (QED) is 0.886. The smallest absolute Gasteiger partial charge is 0.239 e. The first kappa shape index (κ1) is 17.5. The summed E-state index contributed by atoms with van der Waals surface area (Å²) in [5.74, 6) is -0.0436. The van der Waals surface area contributed by atoms with E-state index >= 15 is 0 Å². The third kappa shape index (κ3) is 4.79. The lowest BCUT2D eigenvalue weighted by Crippen LogP contribution is -2.57. The zero-order chi connectivity index (χ0) is 17.0. The topological polar surface area (TPSA) is 61.4 Å². The fourth-order valence-corrected chi connectivity index (χ4v) is 2.65. The van der Waals surface area contributed by atoms with Crippen molar-refractivity contribution < 1.29 is 9.59 Å². The molecule has 1 aliphatic heterocycles. The van der Waals surface area contributed by atoms with E-state index in [-0.39, 0.29) is 23.3 Å². The highest BCUT2D eigenvalue weighted by atomic mass is 16.2. The molecule has 0 aliphatic carbocycles. The maximum atomic E-state index is 12.3. The van der Waals surface area contributed by atoms with Crippen LogP contribution in [0.5, 0.6) is 0 Å². The standard InChI is InChI=1S/C18H27N3O2/c1-13(22)21-10-9-19-16(12-21)17(23)20-11-14-5-7-15(8-6-14)18(2,3)4/h5-8,16,19H,9-12H2,1-4H3,(H,20,23)/t16-/m1/s1. The highest BCUT2D eigenvalue weighted by Crippen LogP contribution is 2.22. The molecule has 5 nitrogen and oxygen atoms in total. The number of amides is 2. The summed E-state index contributed by atoms with van der Waals surface area (Å²) >= 11 is 0. The van der Waals surface area contributed by atoms with E-state index in [2.05, 4.69) is 55.7 Å². The molecule has 1 aromatic carbocycles. The molecule has 1 aliphatic rings. The molecule has 0 saturated carbocycles. The van der Waals surface area contributed by atoms with Gasteiger partial charge in [0.05, 0.1) is 0 Å². The van der Waals surface area contributed by atoms with Crippen molar-refractivity contribution in [2.45, 2.75) is 45.7 Å². The number of hydrogen-bond donors (Lipinski definition) is 2. The minimum atomic E-state index is -0.332. The largest absolute Gasteiger partial charge is 0.351 e. The predicted molar refractivity (Wildman–Crippen MR) is 91.0 cm³/mol. The molecule has 2 rings (SSSR count). The van der Waals surface area contributed by atoms with Crippen LogP contribution in [0.4, 0.5) is 0 Å². The number of rotatable bonds is 3. The Morgan fingerprint density at radius 3 is 2.48 bits per heavy atom. The zero-order valence-electron chi connectivity index (χ0n) is 14.5. The number of benzene rings is 1. The Balaban J connectivity index is 1.88. The Bertz CT molecular complexity index is 561. The lowest BCUT2D eigenvalue weighted by molar-refractivity contribution is -0.132. The minimum absolute atomic E-state index is 0.0158. The molecule has 2 amide bonds. The Morgan fingerprint density at radius 1 is 1.26 bits per heavy atom. The van der Waals surface area contributed by atoms with Crippen LogP contribution in [0.15, 0.2) is 24.3 Å². The van der Waals surface area contributed by atoms with E-state index in [9.17, 15) is 9.59 Å². The van der Waals surface area contributed by atoms with Crippen molar-refractivity contribution in [1.29, 1.82) is 0 Å². The summed E-state index contributed by atoms with van der Waals surface area (Å²) in [6, 6.07) is 7.99. The molecule has 1 heterocycles. The van der Waals surface area contributed by atoms with Gasteiger partial charge in [0.2, 0.25) is 11.8 Å². The van der Waals surface area contributed by atoms with Crippen molar-refractivity contribution in [3.63, 3.8) is 0 Å².